The van der Waals surface area contributed by atoms with Crippen LogP contribution in [0.4, 0.5) is 0 Å². The molecule has 0 aliphatic carbocycles. The maximum absolute atomic E-state index is 11.4. The molecule has 0 unspecified atom stereocenters. The Labute approximate surface area is 94.9 Å². The van der Waals surface area contributed by atoms with Gasteiger partial charge in [-0.25, -0.2) is 4.79 Å². The molecule has 2 aromatic rings. The summed E-state index contributed by atoms with van der Waals surface area (Å²) in [6.07, 6.45) is 0. The summed E-state index contributed by atoms with van der Waals surface area (Å²) in [5.41, 5.74) is 2.68. The van der Waals surface area contributed by atoms with Crippen LogP contribution in [0.3, 0.4) is 0 Å². The van der Waals surface area contributed by atoms with Gasteiger partial charge in [-0.05, 0) is 54.1 Å². The van der Waals surface area contributed by atoms with E-state index in [1.165, 1.54) is 0 Å². The van der Waals surface area contributed by atoms with Crippen LogP contribution in [0.25, 0.3) is 11.1 Å². The van der Waals surface area contributed by atoms with Crippen LogP contribution < -0.4 is 5.76 Å². The molecule has 1 aromatic carbocycles. The van der Waals surface area contributed by atoms with Crippen LogP contribution in [0.1, 0.15) is 12.5 Å². The van der Waals surface area contributed by atoms with Crippen LogP contribution in [0.15, 0.2) is 21.3 Å². The van der Waals surface area contributed by atoms with Crippen molar-refractivity contribution in [2.24, 2.45) is 0 Å². The van der Waals surface area contributed by atoms with Crippen molar-refractivity contribution in [2.45, 2.75) is 20.4 Å². The molecule has 4 heteroatoms. The zero-order valence-corrected chi connectivity index (χ0v) is 10.2. The van der Waals surface area contributed by atoms with Gasteiger partial charge in [-0.2, -0.15) is 0 Å². The predicted molar refractivity (Wildman–Crippen MR) is 63.6 cm³/mol. The summed E-state index contributed by atoms with van der Waals surface area (Å²) in [5, 5.41) is 0. The Morgan fingerprint density at radius 2 is 2.21 bits per heavy atom. The molecular weight excluding hydrogens is 293 g/mol. The molecule has 0 fully saturated rings. The van der Waals surface area contributed by atoms with Gasteiger partial charge in [0.15, 0.2) is 5.58 Å². The fourth-order valence-electron chi connectivity index (χ4n) is 1.66. The molecule has 0 saturated carbocycles. The van der Waals surface area contributed by atoms with E-state index in [1.54, 1.807) is 4.57 Å². The molecule has 0 atom stereocenters. The summed E-state index contributed by atoms with van der Waals surface area (Å²) >= 11 is 2.22. The molecule has 74 valence electrons. The molecule has 0 saturated heterocycles. The largest absolute Gasteiger partial charge is 0.419 e. The second kappa shape index (κ2) is 3.42. The summed E-state index contributed by atoms with van der Waals surface area (Å²) < 4.78 is 7.90. The standard InChI is InChI=1S/C10H10INO2/c1-3-12-9-6(2)4-7(11)5-8(9)14-10(12)13/h4-5H,3H2,1-2H3. The second-order valence-corrected chi connectivity index (χ2v) is 4.43. The van der Waals surface area contributed by atoms with Gasteiger partial charge in [-0.3, -0.25) is 4.57 Å². The fourth-order valence-corrected chi connectivity index (χ4v) is 2.41. The third kappa shape index (κ3) is 1.37. The zero-order valence-electron chi connectivity index (χ0n) is 8.00. The van der Waals surface area contributed by atoms with E-state index >= 15 is 0 Å². The van der Waals surface area contributed by atoms with Gasteiger partial charge in [0.2, 0.25) is 0 Å². The Balaban J connectivity index is 2.95. The summed E-state index contributed by atoms with van der Waals surface area (Å²) in [7, 11) is 0. The average molecular weight is 303 g/mol. The Morgan fingerprint density at radius 3 is 2.86 bits per heavy atom. The first-order valence-corrected chi connectivity index (χ1v) is 5.51. The Morgan fingerprint density at radius 1 is 1.50 bits per heavy atom. The van der Waals surface area contributed by atoms with E-state index in [1.807, 2.05) is 26.0 Å². The fraction of sp³-hybridized carbons (Fsp3) is 0.300. The number of rotatable bonds is 1. The normalized spacial score (nSPS) is 11.1. The Hall–Kier alpha value is -0.780. The average Bonchev–Trinajstić information content (AvgIpc) is 2.40. The van der Waals surface area contributed by atoms with Crippen LogP contribution >= 0.6 is 22.6 Å². The lowest BCUT2D eigenvalue weighted by Crippen LogP contribution is -2.12. The van der Waals surface area contributed by atoms with Crippen LogP contribution in [-0.4, -0.2) is 4.57 Å². The maximum Gasteiger partial charge on any atom is 0.419 e. The van der Waals surface area contributed by atoms with E-state index in [0.29, 0.717) is 12.1 Å². The van der Waals surface area contributed by atoms with Crippen molar-refractivity contribution < 1.29 is 4.42 Å². The number of hydrogen-bond acceptors (Lipinski definition) is 2. The summed E-state index contributed by atoms with van der Waals surface area (Å²) in [6.45, 7) is 4.58. The highest BCUT2D eigenvalue weighted by Crippen LogP contribution is 2.20. The van der Waals surface area contributed by atoms with Gasteiger partial charge in [0, 0.05) is 10.1 Å². The predicted octanol–water partition coefficient (Wildman–Crippen LogP) is 2.53. The molecule has 0 radical (unpaired) electrons. The SMILES string of the molecule is CCn1c(=O)oc2cc(I)cc(C)c21. The van der Waals surface area contributed by atoms with Gasteiger partial charge in [-0.15, -0.1) is 0 Å². The van der Waals surface area contributed by atoms with E-state index in [2.05, 4.69) is 22.6 Å². The number of halogens is 1. The molecule has 0 bridgehead atoms. The minimum absolute atomic E-state index is 0.271. The smallest absolute Gasteiger partial charge is 0.408 e. The maximum atomic E-state index is 11.4. The molecule has 0 N–H and O–H groups in total. The van der Waals surface area contributed by atoms with E-state index in [9.17, 15) is 4.79 Å². The van der Waals surface area contributed by atoms with Crippen molar-refractivity contribution >= 4 is 33.7 Å². The first-order chi connectivity index (χ1) is 6.63. The summed E-state index contributed by atoms with van der Waals surface area (Å²) in [5.74, 6) is -0.271. The third-order valence-electron chi connectivity index (χ3n) is 2.23. The lowest BCUT2D eigenvalue weighted by atomic mass is 10.2. The van der Waals surface area contributed by atoms with Gasteiger partial charge >= 0.3 is 5.76 Å². The van der Waals surface area contributed by atoms with Crippen LogP contribution in [0.5, 0.6) is 0 Å². The highest BCUT2D eigenvalue weighted by atomic mass is 127. The van der Waals surface area contributed by atoms with Crippen LogP contribution in [0.2, 0.25) is 0 Å². The van der Waals surface area contributed by atoms with E-state index in [-0.39, 0.29) is 5.76 Å². The number of fused-ring (bicyclic) bond motifs is 1. The minimum atomic E-state index is -0.271. The highest BCUT2D eigenvalue weighted by Gasteiger charge is 2.10. The van der Waals surface area contributed by atoms with E-state index < -0.39 is 0 Å². The van der Waals surface area contributed by atoms with Gasteiger partial charge in [0.1, 0.15) is 0 Å². The molecule has 1 heterocycles. The second-order valence-electron chi connectivity index (χ2n) is 3.18. The number of nitrogens with zero attached hydrogens (tertiary/aromatic N) is 1. The summed E-state index contributed by atoms with van der Waals surface area (Å²) in [6, 6.07) is 3.93. The van der Waals surface area contributed by atoms with Gasteiger partial charge in [0.25, 0.3) is 0 Å². The molecule has 2 rings (SSSR count). The number of aromatic nitrogens is 1. The first-order valence-electron chi connectivity index (χ1n) is 4.43. The molecule has 0 spiro atoms. The van der Waals surface area contributed by atoms with Crippen LogP contribution in [0, 0.1) is 10.5 Å². The Kier molecular flexibility index (Phi) is 2.38. The number of aryl methyl sites for hydroxylation is 2. The molecule has 1 aromatic heterocycles. The summed E-state index contributed by atoms with van der Waals surface area (Å²) in [4.78, 5) is 11.4. The Bertz CT molecular complexity index is 539. The molecule has 3 nitrogen and oxygen atoms in total. The highest BCUT2D eigenvalue weighted by molar-refractivity contribution is 14.1. The lowest BCUT2D eigenvalue weighted by Gasteiger charge is -2.00. The van der Waals surface area contributed by atoms with Gasteiger partial charge in [0.05, 0.1) is 5.52 Å². The van der Waals surface area contributed by atoms with Crippen molar-refractivity contribution in [2.75, 3.05) is 0 Å². The monoisotopic (exact) mass is 303 g/mol. The third-order valence-corrected chi connectivity index (χ3v) is 2.86. The van der Waals surface area contributed by atoms with Crippen molar-refractivity contribution in [3.63, 3.8) is 0 Å². The van der Waals surface area contributed by atoms with Crippen LogP contribution in [-0.2, 0) is 6.54 Å². The molecule has 0 aliphatic rings. The van der Waals surface area contributed by atoms with Crippen molar-refractivity contribution in [1.29, 1.82) is 0 Å². The van der Waals surface area contributed by atoms with E-state index in [0.717, 1.165) is 14.7 Å². The molecular formula is C10H10INO2. The first kappa shape index (κ1) is 9.76. The lowest BCUT2D eigenvalue weighted by molar-refractivity contribution is 0.513. The van der Waals surface area contributed by atoms with Crippen molar-refractivity contribution in [1.82, 2.24) is 4.57 Å². The van der Waals surface area contributed by atoms with E-state index in [4.69, 9.17) is 4.42 Å². The topological polar surface area (TPSA) is 35.1 Å². The molecule has 14 heavy (non-hydrogen) atoms. The van der Waals surface area contributed by atoms with Crippen molar-refractivity contribution in [3.8, 4) is 0 Å². The minimum Gasteiger partial charge on any atom is -0.408 e. The van der Waals surface area contributed by atoms with Crippen molar-refractivity contribution in [3.05, 3.63) is 31.8 Å². The van der Waals surface area contributed by atoms with Gasteiger partial charge < -0.3 is 4.42 Å². The number of oxazole rings is 1. The van der Waals surface area contributed by atoms with Gasteiger partial charge in [-0.1, -0.05) is 0 Å². The zero-order chi connectivity index (χ0) is 10.3. The number of benzene rings is 1. The molecule has 0 amide bonds. The number of hydrogen-bond donors (Lipinski definition) is 0. The molecule has 0 aliphatic heterocycles. The quantitative estimate of drug-likeness (QED) is 0.759.